The third-order valence-electron chi connectivity index (χ3n) is 5.35. The summed E-state index contributed by atoms with van der Waals surface area (Å²) in [6, 6.07) is 11.7. The molecule has 3 aromatic rings. The molecule has 0 unspecified atom stereocenters. The molecule has 1 aromatic heterocycles. The number of halogens is 2. The monoisotopic (exact) mass is 498 g/mol. The number of rotatable bonds is 4. The summed E-state index contributed by atoms with van der Waals surface area (Å²) in [6.45, 7) is 3.56. The van der Waals surface area contributed by atoms with Crippen molar-refractivity contribution in [2.75, 3.05) is 4.90 Å². The van der Waals surface area contributed by atoms with E-state index in [0.717, 1.165) is 10.6 Å². The average molecular weight is 499 g/mol. The Labute approximate surface area is 203 Å². The van der Waals surface area contributed by atoms with Crippen molar-refractivity contribution in [2.24, 2.45) is 0 Å². The first kappa shape index (κ1) is 23.3. The number of benzene rings is 2. The molecule has 1 N–H and O–H groups in total. The van der Waals surface area contributed by atoms with Crippen LogP contribution in [0.15, 0.2) is 54.1 Å². The molecule has 1 aliphatic heterocycles. The molecule has 0 atom stereocenters. The maximum Gasteiger partial charge on any atom is 0.288 e. The van der Waals surface area contributed by atoms with Gasteiger partial charge in [0.2, 0.25) is 0 Å². The van der Waals surface area contributed by atoms with Crippen molar-refractivity contribution in [3.8, 4) is 5.69 Å². The van der Waals surface area contributed by atoms with Crippen LogP contribution < -0.4 is 10.2 Å². The molecule has 1 aliphatic rings. The molecule has 1 fully saturated rings. The van der Waals surface area contributed by atoms with Gasteiger partial charge in [0.1, 0.15) is 16.4 Å². The van der Waals surface area contributed by atoms with Gasteiger partial charge in [0, 0.05) is 23.1 Å². The maximum atomic E-state index is 14.3. The first-order chi connectivity index (χ1) is 16.1. The largest absolute Gasteiger partial charge is 0.318 e. The molecule has 172 valence electrons. The van der Waals surface area contributed by atoms with Crippen molar-refractivity contribution in [1.29, 1.82) is 0 Å². The number of carbonyl (C=O) groups excluding carboxylic acids is 2. The van der Waals surface area contributed by atoms with Crippen molar-refractivity contribution in [1.82, 2.24) is 9.88 Å². The van der Waals surface area contributed by atoms with Crippen LogP contribution >= 0.6 is 23.8 Å². The highest BCUT2D eigenvalue weighted by atomic mass is 35.5. The lowest BCUT2D eigenvalue weighted by Crippen LogP contribution is -2.54. The zero-order valence-electron chi connectivity index (χ0n) is 17.8. The van der Waals surface area contributed by atoms with Gasteiger partial charge in [-0.25, -0.2) is 9.29 Å². The summed E-state index contributed by atoms with van der Waals surface area (Å²) in [4.78, 5) is 37.2. The number of nitrogens with one attached hydrogen (secondary N) is 1. The van der Waals surface area contributed by atoms with Crippen LogP contribution in [0.1, 0.15) is 17.0 Å². The van der Waals surface area contributed by atoms with Gasteiger partial charge in [-0.1, -0.05) is 23.7 Å². The summed E-state index contributed by atoms with van der Waals surface area (Å²) in [6.07, 6.45) is 1.40. The minimum absolute atomic E-state index is 0.0224. The van der Waals surface area contributed by atoms with Gasteiger partial charge in [-0.05, 0) is 68.0 Å². The number of carbonyl (C=O) groups is 2. The zero-order chi connectivity index (χ0) is 24.7. The highest BCUT2D eigenvalue weighted by Gasteiger charge is 2.36. The molecule has 34 heavy (non-hydrogen) atoms. The Bertz CT molecular complexity index is 1430. The Morgan fingerprint density at radius 1 is 1.15 bits per heavy atom. The maximum absolute atomic E-state index is 14.3. The standard InChI is InChI=1S/C23H16ClFN4O4S/c1-12-9-14(13(2)27(12)15-7-8-19(29(32)33)17(24)11-15)10-16-21(30)26-23(34)28(22(16)31)20-6-4-3-5-18(20)25/h3-11H,1-2H3,(H,26,30,34)/b16-10+. The topological polar surface area (TPSA) is 97.5 Å². The fourth-order valence-electron chi connectivity index (χ4n) is 3.78. The lowest BCUT2D eigenvalue weighted by atomic mass is 10.1. The summed E-state index contributed by atoms with van der Waals surface area (Å²) >= 11 is 11.2. The molecule has 2 amide bonds. The second kappa shape index (κ2) is 8.81. The van der Waals surface area contributed by atoms with Gasteiger partial charge in [0.25, 0.3) is 17.5 Å². The number of anilines is 1. The SMILES string of the molecule is Cc1cc(/C=C2\C(=O)NC(=S)N(c3ccccc3F)C2=O)c(C)n1-c1ccc([N+](=O)[O-])c(Cl)c1. The van der Waals surface area contributed by atoms with E-state index in [1.807, 2.05) is 0 Å². The van der Waals surface area contributed by atoms with Crippen LogP contribution in [-0.2, 0) is 9.59 Å². The van der Waals surface area contributed by atoms with E-state index in [0.29, 0.717) is 16.9 Å². The molecule has 0 spiro atoms. The lowest BCUT2D eigenvalue weighted by molar-refractivity contribution is -0.384. The van der Waals surface area contributed by atoms with E-state index in [4.69, 9.17) is 23.8 Å². The Morgan fingerprint density at radius 2 is 1.85 bits per heavy atom. The molecule has 0 bridgehead atoms. The van der Waals surface area contributed by atoms with Crippen LogP contribution in [0, 0.1) is 29.8 Å². The van der Waals surface area contributed by atoms with Crippen LogP contribution in [-0.4, -0.2) is 26.4 Å². The van der Waals surface area contributed by atoms with E-state index in [9.17, 15) is 24.1 Å². The fraction of sp³-hybridized carbons (Fsp3) is 0.0870. The highest BCUT2D eigenvalue weighted by Crippen LogP contribution is 2.30. The minimum atomic E-state index is -0.762. The summed E-state index contributed by atoms with van der Waals surface area (Å²) in [7, 11) is 0. The minimum Gasteiger partial charge on any atom is -0.318 e. The zero-order valence-corrected chi connectivity index (χ0v) is 19.4. The summed E-state index contributed by atoms with van der Waals surface area (Å²) in [5.41, 5.74) is 1.99. The summed E-state index contributed by atoms with van der Waals surface area (Å²) < 4.78 is 16.1. The normalized spacial score (nSPS) is 15.1. The van der Waals surface area contributed by atoms with E-state index in [1.54, 1.807) is 36.6 Å². The molecule has 11 heteroatoms. The van der Waals surface area contributed by atoms with Gasteiger partial charge in [-0.3, -0.25) is 25.0 Å². The molecule has 0 aliphatic carbocycles. The molecular weight excluding hydrogens is 483 g/mol. The Balaban J connectivity index is 1.77. The van der Waals surface area contributed by atoms with E-state index in [2.05, 4.69) is 5.32 Å². The highest BCUT2D eigenvalue weighted by molar-refractivity contribution is 7.80. The smallest absolute Gasteiger partial charge is 0.288 e. The number of hydrogen-bond acceptors (Lipinski definition) is 5. The van der Waals surface area contributed by atoms with Crippen LogP contribution in [0.5, 0.6) is 0 Å². The van der Waals surface area contributed by atoms with E-state index < -0.39 is 22.6 Å². The van der Waals surface area contributed by atoms with E-state index >= 15 is 0 Å². The molecule has 0 saturated carbocycles. The first-order valence-corrected chi connectivity index (χ1v) is 10.7. The van der Waals surface area contributed by atoms with Crippen LogP contribution in [0.4, 0.5) is 15.8 Å². The number of nitro groups is 1. The van der Waals surface area contributed by atoms with Gasteiger partial charge < -0.3 is 4.57 Å². The third-order valence-corrected chi connectivity index (χ3v) is 5.94. The van der Waals surface area contributed by atoms with Crippen molar-refractivity contribution in [2.45, 2.75) is 13.8 Å². The van der Waals surface area contributed by atoms with Crippen molar-refractivity contribution in [3.63, 3.8) is 0 Å². The van der Waals surface area contributed by atoms with E-state index in [-0.39, 0.29) is 27.1 Å². The predicted molar refractivity (Wildman–Crippen MR) is 130 cm³/mol. The van der Waals surface area contributed by atoms with E-state index in [1.165, 1.54) is 36.4 Å². The number of aromatic nitrogens is 1. The number of nitrogens with zero attached hydrogens (tertiary/aromatic N) is 3. The molecular formula is C23H16ClFN4O4S. The second-order valence-corrected chi connectivity index (χ2v) is 8.26. The summed E-state index contributed by atoms with van der Waals surface area (Å²) in [5.74, 6) is -2.13. The summed E-state index contributed by atoms with van der Waals surface area (Å²) in [5, 5.41) is 13.2. The number of amides is 2. The Morgan fingerprint density at radius 3 is 2.50 bits per heavy atom. The van der Waals surface area contributed by atoms with Crippen molar-refractivity contribution >= 4 is 58.2 Å². The van der Waals surface area contributed by atoms with Gasteiger partial charge in [-0.15, -0.1) is 0 Å². The number of thiocarbonyl (C=S) groups is 1. The van der Waals surface area contributed by atoms with Gasteiger partial charge in [0.15, 0.2) is 5.11 Å². The number of aryl methyl sites for hydroxylation is 1. The van der Waals surface area contributed by atoms with Crippen molar-refractivity contribution < 1.29 is 18.9 Å². The van der Waals surface area contributed by atoms with Crippen LogP contribution in [0.3, 0.4) is 0 Å². The molecule has 2 heterocycles. The number of nitro benzene ring substituents is 1. The second-order valence-electron chi connectivity index (χ2n) is 7.46. The molecule has 4 rings (SSSR count). The molecule has 0 radical (unpaired) electrons. The van der Waals surface area contributed by atoms with Gasteiger partial charge >= 0.3 is 0 Å². The molecule has 1 saturated heterocycles. The van der Waals surface area contributed by atoms with Crippen molar-refractivity contribution in [3.05, 3.63) is 92.0 Å². The molecule has 8 nitrogen and oxygen atoms in total. The van der Waals surface area contributed by atoms with Gasteiger partial charge in [-0.2, -0.15) is 0 Å². The Hall–Kier alpha value is -3.89. The quantitative estimate of drug-likeness (QED) is 0.186. The predicted octanol–water partition coefficient (Wildman–Crippen LogP) is 4.63. The number of hydrogen-bond donors (Lipinski definition) is 1. The lowest BCUT2D eigenvalue weighted by Gasteiger charge is -2.29. The number of para-hydroxylation sites is 1. The molecule has 2 aromatic carbocycles. The van der Waals surface area contributed by atoms with Crippen LogP contribution in [0.25, 0.3) is 11.8 Å². The van der Waals surface area contributed by atoms with Gasteiger partial charge in [0.05, 0.1) is 10.6 Å². The average Bonchev–Trinajstić information content (AvgIpc) is 3.04. The van der Waals surface area contributed by atoms with Crippen LogP contribution in [0.2, 0.25) is 5.02 Å². The first-order valence-electron chi connectivity index (χ1n) is 9.89. The fourth-order valence-corrected chi connectivity index (χ4v) is 4.30. The Kier molecular flexibility index (Phi) is 6.03. The third kappa shape index (κ3) is 3.97.